The van der Waals surface area contributed by atoms with Gasteiger partial charge in [-0.25, -0.2) is 0 Å². The number of rotatable bonds is 6. The number of hydrogen-bond donors (Lipinski definition) is 1. The summed E-state index contributed by atoms with van der Waals surface area (Å²) >= 11 is 7.22. The van der Waals surface area contributed by atoms with Gasteiger partial charge in [-0.2, -0.15) is 0 Å². The standard InChI is InChI=1S/C21H23ClN2O3S/c1-5-18(27-15-7-8-16(22)13(4)10-15)20(25)23-14-6-9-17-19(11-14)28-21(26)24(17)12(2)3/h6-12,18H,5H2,1-4H3,(H,23,25). The van der Waals surface area contributed by atoms with E-state index < -0.39 is 6.10 Å². The number of aryl methyl sites for hydroxylation is 1. The van der Waals surface area contributed by atoms with Crippen LogP contribution in [-0.2, 0) is 4.79 Å². The number of amides is 1. The van der Waals surface area contributed by atoms with Crippen LogP contribution in [0.1, 0.15) is 38.8 Å². The van der Waals surface area contributed by atoms with Crippen LogP contribution in [0.15, 0.2) is 41.2 Å². The summed E-state index contributed by atoms with van der Waals surface area (Å²) < 4.78 is 8.46. The molecule has 0 saturated carbocycles. The van der Waals surface area contributed by atoms with Gasteiger partial charge in [-0.05, 0) is 69.2 Å². The Morgan fingerprint density at radius 1 is 1.25 bits per heavy atom. The second kappa shape index (κ2) is 8.37. The number of carbonyl (C=O) groups excluding carboxylic acids is 1. The molecule has 1 atom stereocenters. The van der Waals surface area contributed by atoms with E-state index in [9.17, 15) is 9.59 Å². The fourth-order valence-corrected chi connectivity index (χ4v) is 4.17. The van der Waals surface area contributed by atoms with Crippen molar-refractivity contribution in [2.24, 2.45) is 0 Å². The third kappa shape index (κ3) is 4.23. The highest BCUT2D eigenvalue weighted by atomic mass is 35.5. The Hall–Kier alpha value is -2.31. The molecule has 28 heavy (non-hydrogen) atoms. The molecule has 3 aromatic rings. The molecule has 148 valence electrons. The fraction of sp³-hybridized carbons (Fsp3) is 0.333. The number of halogens is 1. The molecule has 1 aromatic heterocycles. The van der Waals surface area contributed by atoms with Gasteiger partial charge in [0, 0.05) is 16.8 Å². The largest absolute Gasteiger partial charge is 0.481 e. The quantitative estimate of drug-likeness (QED) is 0.582. The molecule has 1 unspecified atom stereocenters. The minimum absolute atomic E-state index is 0.00125. The summed E-state index contributed by atoms with van der Waals surface area (Å²) in [6, 6.07) is 10.9. The first kappa shape index (κ1) is 20.4. The highest BCUT2D eigenvalue weighted by molar-refractivity contribution is 7.16. The van der Waals surface area contributed by atoms with Crippen LogP contribution in [0, 0.1) is 6.92 Å². The second-order valence-electron chi connectivity index (χ2n) is 6.93. The number of hydrogen-bond acceptors (Lipinski definition) is 4. The molecule has 1 N–H and O–H groups in total. The maximum atomic E-state index is 12.7. The Morgan fingerprint density at radius 2 is 2.00 bits per heavy atom. The Labute approximate surface area is 172 Å². The summed E-state index contributed by atoms with van der Waals surface area (Å²) in [4.78, 5) is 24.9. The van der Waals surface area contributed by atoms with Crippen molar-refractivity contribution < 1.29 is 9.53 Å². The van der Waals surface area contributed by atoms with E-state index in [4.69, 9.17) is 16.3 Å². The molecule has 0 aliphatic carbocycles. The van der Waals surface area contributed by atoms with Gasteiger partial charge in [-0.3, -0.25) is 14.2 Å². The molecule has 2 aromatic carbocycles. The van der Waals surface area contributed by atoms with Crippen molar-refractivity contribution in [3.8, 4) is 5.75 Å². The third-order valence-electron chi connectivity index (χ3n) is 4.47. The summed E-state index contributed by atoms with van der Waals surface area (Å²) in [7, 11) is 0. The number of aromatic nitrogens is 1. The molecule has 0 fully saturated rings. The zero-order valence-electron chi connectivity index (χ0n) is 16.3. The molecule has 0 radical (unpaired) electrons. The normalized spacial score (nSPS) is 12.4. The summed E-state index contributed by atoms with van der Waals surface area (Å²) in [6.07, 6.45) is -0.109. The molecule has 1 amide bonds. The second-order valence-corrected chi connectivity index (χ2v) is 8.33. The number of fused-ring (bicyclic) bond motifs is 1. The van der Waals surface area contributed by atoms with Crippen LogP contribution >= 0.6 is 22.9 Å². The lowest BCUT2D eigenvalue weighted by atomic mass is 10.2. The number of carbonyl (C=O) groups is 1. The number of nitrogens with zero attached hydrogens (tertiary/aromatic N) is 1. The lowest BCUT2D eigenvalue weighted by Crippen LogP contribution is -2.32. The van der Waals surface area contributed by atoms with E-state index in [2.05, 4.69) is 5.32 Å². The number of ether oxygens (including phenoxy) is 1. The number of anilines is 1. The molecule has 1 heterocycles. The zero-order chi connectivity index (χ0) is 20.4. The fourth-order valence-electron chi connectivity index (χ4n) is 3.00. The number of benzene rings is 2. The molecule has 0 bridgehead atoms. The van der Waals surface area contributed by atoms with Crippen molar-refractivity contribution in [1.29, 1.82) is 0 Å². The predicted octanol–water partition coefficient (Wildman–Crippen LogP) is 5.40. The summed E-state index contributed by atoms with van der Waals surface area (Å²) in [5.41, 5.74) is 2.41. The first-order valence-corrected chi connectivity index (χ1v) is 10.4. The topological polar surface area (TPSA) is 60.3 Å². The van der Waals surface area contributed by atoms with Gasteiger partial charge in [0.1, 0.15) is 5.75 Å². The van der Waals surface area contributed by atoms with Gasteiger partial charge < -0.3 is 10.1 Å². The smallest absolute Gasteiger partial charge is 0.308 e. The van der Waals surface area contributed by atoms with Crippen LogP contribution in [0.3, 0.4) is 0 Å². The van der Waals surface area contributed by atoms with Crippen molar-refractivity contribution in [3.63, 3.8) is 0 Å². The van der Waals surface area contributed by atoms with E-state index in [1.165, 1.54) is 11.3 Å². The average molecular weight is 419 g/mol. The van der Waals surface area contributed by atoms with Crippen LogP contribution in [-0.4, -0.2) is 16.6 Å². The molecule has 5 nitrogen and oxygen atoms in total. The molecular formula is C21H23ClN2O3S. The van der Waals surface area contributed by atoms with Gasteiger partial charge in [-0.1, -0.05) is 29.9 Å². The van der Waals surface area contributed by atoms with E-state index in [1.54, 1.807) is 16.7 Å². The maximum absolute atomic E-state index is 12.7. The van der Waals surface area contributed by atoms with Crippen LogP contribution in [0.4, 0.5) is 5.69 Å². The van der Waals surface area contributed by atoms with Crippen molar-refractivity contribution in [1.82, 2.24) is 4.57 Å². The predicted molar refractivity (Wildman–Crippen MR) is 116 cm³/mol. The number of nitrogens with one attached hydrogen (secondary N) is 1. The van der Waals surface area contributed by atoms with Gasteiger partial charge in [-0.15, -0.1) is 0 Å². The molecule has 0 spiro atoms. The molecular weight excluding hydrogens is 396 g/mol. The molecule has 3 rings (SSSR count). The monoisotopic (exact) mass is 418 g/mol. The summed E-state index contributed by atoms with van der Waals surface area (Å²) in [5, 5.41) is 3.55. The van der Waals surface area contributed by atoms with Gasteiger partial charge in [0.15, 0.2) is 6.10 Å². The molecule has 0 aliphatic heterocycles. The highest BCUT2D eigenvalue weighted by Crippen LogP contribution is 2.25. The highest BCUT2D eigenvalue weighted by Gasteiger charge is 2.19. The molecule has 7 heteroatoms. The van der Waals surface area contributed by atoms with Crippen molar-refractivity contribution >= 4 is 44.7 Å². The van der Waals surface area contributed by atoms with E-state index in [0.717, 1.165) is 15.8 Å². The van der Waals surface area contributed by atoms with Crippen LogP contribution in [0.2, 0.25) is 5.02 Å². The SMILES string of the molecule is CCC(Oc1ccc(Cl)c(C)c1)C(=O)Nc1ccc2c(c1)sc(=O)n2C(C)C. The first-order valence-electron chi connectivity index (χ1n) is 9.19. The van der Waals surface area contributed by atoms with Crippen molar-refractivity contribution in [2.75, 3.05) is 5.32 Å². The van der Waals surface area contributed by atoms with Gasteiger partial charge in [0.2, 0.25) is 0 Å². The molecule has 0 saturated heterocycles. The van der Waals surface area contributed by atoms with E-state index in [-0.39, 0.29) is 16.8 Å². The van der Waals surface area contributed by atoms with E-state index >= 15 is 0 Å². The van der Waals surface area contributed by atoms with E-state index in [1.807, 2.05) is 52.0 Å². The zero-order valence-corrected chi connectivity index (χ0v) is 17.9. The van der Waals surface area contributed by atoms with E-state index in [0.29, 0.717) is 22.9 Å². The minimum Gasteiger partial charge on any atom is -0.481 e. The first-order chi connectivity index (χ1) is 13.3. The van der Waals surface area contributed by atoms with Gasteiger partial charge in [0.05, 0.1) is 10.2 Å². The Bertz CT molecular complexity index is 1070. The van der Waals surface area contributed by atoms with Crippen molar-refractivity contribution in [2.45, 2.75) is 46.3 Å². The maximum Gasteiger partial charge on any atom is 0.308 e. The average Bonchev–Trinajstić information content (AvgIpc) is 2.97. The van der Waals surface area contributed by atoms with Gasteiger partial charge in [0.25, 0.3) is 5.91 Å². The Balaban J connectivity index is 1.78. The third-order valence-corrected chi connectivity index (χ3v) is 5.81. The Kier molecular flexibility index (Phi) is 6.10. The summed E-state index contributed by atoms with van der Waals surface area (Å²) in [5.74, 6) is 0.372. The van der Waals surface area contributed by atoms with Crippen LogP contribution in [0.5, 0.6) is 5.75 Å². The minimum atomic E-state index is -0.629. The Morgan fingerprint density at radius 3 is 2.64 bits per heavy atom. The molecule has 0 aliphatic rings. The van der Waals surface area contributed by atoms with Gasteiger partial charge >= 0.3 is 4.87 Å². The summed E-state index contributed by atoms with van der Waals surface area (Å²) in [6.45, 7) is 7.74. The van der Waals surface area contributed by atoms with Crippen LogP contribution < -0.4 is 14.9 Å². The number of thiazole rings is 1. The van der Waals surface area contributed by atoms with Crippen LogP contribution in [0.25, 0.3) is 10.2 Å². The van der Waals surface area contributed by atoms with Crippen molar-refractivity contribution in [3.05, 3.63) is 56.7 Å². The lowest BCUT2D eigenvalue weighted by molar-refractivity contribution is -0.122. The lowest BCUT2D eigenvalue weighted by Gasteiger charge is -2.18.